The van der Waals surface area contributed by atoms with Gasteiger partial charge in [-0.3, -0.25) is 4.79 Å². The molecule has 2 heterocycles. The molecular weight excluding hydrogens is 352 g/mol. The Morgan fingerprint density at radius 3 is 2.04 bits per heavy atom. The normalized spacial score (nSPS) is 33.9. The first kappa shape index (κ1) is 16.4. The summed E-state index contributed by atoms with van der Waals surface area (Å²) >= 11 is 0. The van der Waals surface area contributed by atoms with Crippen LogP contribution in [0, 0.1) is 23.7 Å². The van der Waals surface area contributed by atoms with Crippen molar-refractivity contribution in [3.05, 3.63) is 48.3 Å². The van der Waals surface area contributed by atoms with Gasteiger partial charge in [-0.2, -0.15) is 0 Å². The van der Waals surface area contributed by atoms with Crippen molar-refractivity contribution in [2.75, 3.05) is 0 Å². The number of ether oxygens (including phenoxy) is 2. The number of Topliss-reactive ketones (excluding diaryl/α,β-unsaturated/α-hetero) is 1. The third kappa shape index (κ3) is 2.52. The van der Waals surface area contributed by atoms with Gasteiger partial charge in [0.25, 0.3) is 0 Å². The molecule has 0 saturated heterocycles. The summed E-state index contributed by atoms with van der Waals surface area (Å²) in [5.41, 5.74) is 0.615. The molecule has 7 heteroatoms. The van der Waals surface area contributed by atoms with Gasteiger partial charge in [0.15, 0.2) is 0 Å². The molecular formula is C20H18O7. The third-order valence-corrected chi connectivity index (χ3v) is 6.28. The Kier molecular flexibility index (Phi) is 3.70. The summed E-state index contributed by atoms with van der Waals surface area (Å²) in [7, 11) is 0. The third-order valence-electron chi connectivity index (χ3n) is 6.28. The second kappa shape index (κ2) is 6.11. The molecule has 0 spiro atoms. The molecule has 7 nitrogen and oxygen atoms in total. The van der Waals surface area contributed by atoms with E-state index in [2.05, 4.69) is 0 Å². The summed E-state index contributed by atoms with van der Waals surface area (Å²) in [5, 5.41) is 0. The number of esters is 2. The quantitative estimate of drug-likeness (QED) is 0.764. The minimum atomic E-state index is -0.628. The van der Waals surface area contributed by atoms with Gasteiger partial charge in [0.05, 0.1) is 23.7 Å². The molecule has 3 saturated carbocycles. The minimum Gasteiger partial charge on any atom is -0.472 e. The molecule has 0 aliphatic heterocycles. The van der Waals surface area contributed by atoms with Gasteiger partial charge >= 0.3 is 11.9 Å². The van der Waals surface area contributed by atoms with Crippen LogP contribution in [0.5, 0.6) is 0 Å². The first-order valence-electron chi connectivity index (χ1n) is 9.12. The van der Waals surface area contributed by atoms with Crippen molar-refractivity contribution in [1.29, 1.82) is 0 Å². The van der Waals surface area contributed by atoms with E-state index >= 15 is 0 Å². The van der Waals surface area contributed by atoms with E-state index < -0.39 is 24.1 Å². The van der Waals surface area contributed by atoms with Gasteiger partial charge < -0.3 is 18.3 Å². The lowest BCUT2D eigenvalue weighted by Gasteiger charge is -2.36. The van der Waals surface area contributed by atoms with E-state index in [0.29, 0.717) is 17.5 Å². The van der Waals surface area contributed by atoms with Crippen LogP contribution in [0.25, 0.3) is 0 Å². The van der Waals surface area contributed by atoms with Crippen LogP contribution in [0.2, 0.25) is 0 Å². The lowest BCUT2D eigenvalue weighted by molar-refractivity contribution is -0.127. The number of carbonyl (C=O) groups is 3. The minimum absolute atomic E-state index is 0.0319. The van der Waals surface area contributed by atoms with Crippen LogP contribution >= 0.6 is 0 Å². The van der Waals surface area contributed by atoms with Crippen molar-refractivity contribution in [1.82, 2.24) is 0 Å². The predicted octanol–water partition coefficient (Wildman–Crippen LogP) is 2.87. The topological polar surface area (TPSA) is 96.0 Å². The zero-order valence-corrected chi connectivity index (χ0v) is 14.4. The molecule has 2 aromatic rings. The van der Waals surface area contributed by atoms with Crippen molar-refractivity contribution in [3.63, 3.8) is 0 Å². The summed E-state index contributed by atoms with van der Waals surface area (Å²) in [6.07, 6.45) is 6.34. The van der Waals surface area contributed by atoms with Crippen molar-refractivity contribution >= 4 is 17.7 Å². The molecule has 2 bridgehead atoms. The average Bonchev–Trinajstić information content (AvgIpc) is 3.45. The Bertz CT molecular complexity index is 866. The summed E-state index contributed by atoms with van der Waals surface area (Å²) < 4.78 is 21.4. The molecule has 2 aromatic heterocycles. The Balaban J connectivity index is 1.41. The van der Waals surface area contributed by atoms with Gasteiger partial charge in [-0.15, -0.1) is 0 Å². The highest BCUT2D eigenvalue weighted by atomic mass is 16.6. The molecule has 6 atom stereocenters. The van der Waals surface area contributed by atoms with E-state index in [1.165, 1.54) is 37.2 Å². The highest BCUT2D eigenvalue weighted by molar-refractivity contribution is 5.90. The number of fused-ring (bicyclic) bond motifs is 5. The van der Waals surface area contributed by atoms with Crippen molar-refractivity contribution in [2.24, 2.45) is 23.7 Å². The molecule has 5 rings (SSSR count). The van der Waals surface area contributed by atoms with Gasteiger partial charge in [0.2, 0.25) is 0 Å². The second-order valence-corrected chi connectivity index (χ2v) is 7.52. The molecule has 3 aliphatic carbocycles. The van der Waals surface area contributed by atoms with Crippen LogP contribution in [-0.2, 0) is 14.3 Å². The lowest BCUT2D eigenvalue weighted by atomic mass is 9.78. The van der Waals surface area contributed by atoms with E-state index in [0.717, 1.165) is 12.8 Å². The number of rotatable bonds is 4. The highest BCUT2D eigenvalue weighted by Gasteiger charge is 2.64. The molecule has 0 N–H and O–H groups in total. The maximum atomic E-state index is 12.4. The van der Waals surface area contributed by atoms with Gasteiger partial charge in [0, 0.05) is 24.2 Å². The van der Waals surface area contributed by atoms with E-state index in [-0.39, 0.29) is 29.5 Å². The van der Waals surface area contributed by atoms with E-state index in [9.17, 15) is 14.4 Å². The Morgan fingerprint density at radius 1 is 0.889 bits per heavy atom. The van der Waals surface area contributed by atoms with Crippen LogP contribution < -0.4 is 0 Å². The first-order valence-corrected chi connectivity index (χ1v) is 9.12. The standard InChI is InChI=1S/C20H18O7/c21-15-2-1-12-13-7-14(16(12)15)18(27-20(23)11-4-6-25-9-11)17(13)26-19(22)10-3-5-24-8-10/h3-6,8-9,12-14,16-18H,1-2,7H2. The maximum absolute atomic E-state index is 12.4. The van der Waals surface area contributed by atoms with E-state index in [1.807, 2.05) is 0 Å². The largest absolute Gasteiger partial charge is 0.472 e. The number of hydrogen-bond acceptors (Lipinski definition) is 7. The SMILES string of the molecule is O=C(OC1C2CC(C1OC(=O)c1ccoc1)C1C(=O)CCC21)c1ccoc1. The fraction of sp³-hybridized carbons (Fsp3) is 0.450. The number of ketones is 1. The first-order chi connectivity index (χ1) is 13.1. The monoisotopic (exact) mass is 370 g/mol. The highest BCUT2D eigenvalue weighted by Crippen LogP contribution is 2.59. The molecule has 0 aromatic carbocycles. The molecule has 27 heavy (non-hydrogen) atoms. The van der Waals surface area contributed by atoms with E-state index in [1.54, 1.807) is 0 Å². The molecule has 3 fully saturated rings. The second-order valence-electron chi connectivity index (χ2n) is 7.52. The summed E-state index contributed by atoms with van der Waals surface area (Å²) in [5.74, 6) is -0.775. The summed E-state index contributed by atoms with van der Waals surface area (Å²) in [4.78, 5) is 37.2. The molecule has 0 radical (unpaired) electrons. The molecule has 3 aliphatic rings. The van der Waals surface area contributed by atoms with Gasteiger partial charge in [0.1, 0.15) is 30.5 Å². The molecule has 0 amide bonds. The van der Waals surface area contributed by atoms with Crippen LogP contribution in [0.1, 0.15) is 40.0 Å². The van der Waals surface area contributed by atoms with Gasteiger partial charge in [-0.05, 0) is 30.9 Å². The van der Waals surface area contributed by atoms with Crippen LogP contribution in [0.4, 0.5) is 0 Å². The zero-order chi connectivity index (χ0) is 18.5. The number of hydrogen-bond donors (Lipinski definition) is 0. The van der Waals surface area contributed by atoms with Crippen LogP contribution in [0.3, 0.4) is 0 Å². The van der Waals surface area contributed by atoms with Crippen molar-refractivity contribution in [2.45, 2.75) is 31.5 Å². The van der Waals surface area contributed by atoms with Gasteiger partial charge in [-0.1, -0.05) is 0 Å². The fourth-order valence-electron chi connectivity index (χ4n) is 5.22. The summed E-state index contributed by atoms with van der Waals surface area (Å²) in [6, 6.07) is 3.05. The fourth-order valence-corrected chi connectivity index (χ4v) is 5.22. The Hall–Kier alpha value is -2.83. The summed E-state index contributed by atoms with van der Waals surface area (Å²) in [6.45, 7) is 0. The van der Waals surface area contributed by atoms with Gasteiger partial charge in [-0.25, -0.2) is 9.59 Å². The molecule has 6 unspecified atom stereocenters. The number of carbonyl (C=O) groups excluding carboxylic acids is 3. The van der Waals surface area contributed by atoms with Crippen molar-refractivity contribution in [3.8, 4) is 0 Å². The predicted molar refractivity (Wildman–Crippen MR) is 88.6 cm³/mol. The lowest BCUT2D eigenvalue weighted by Crippen LogP contribution is -2.46. The van der Waals surface area contributed by atoms with Crippen LogP contribution in [-0.4, -0.2) is 29.9 Å². The smallest absolute Gasteiger partial charge is 0.341 e. The maximum Gasteiger partial charge on any atom is 0.341 e. The average molecular weight is 370 g/mol. The van der Waals surface area contributed by atoms with E-state index in [4.69, 9.17) is 18.3 Å². The van der Waals surface area contributed by atoms with Crippen molar-refractivity contribution < 1.29 is 32.7 Å². The molecule has 140 valence electrons. The Morgan fingerprint density at radius 2 is 1.48 bits per heavy atom. The van der Waals surface area contributed by atoms with Crippen LogP contribution in [0.15, 0.2) is 46.0 Å². The Labute approximate surface area is 154 Å². The number of furan rings is 2. The zero-order valence-electron chi connectivity index (χ0n) is 14.4.